The number of amides is 2. The minimum absolute atomic E-state index is 0.113. The van der Waals surface area contributed by atoms with Crippen LogP contribution in [0.4, 0.5) is 0 Å². The standard InChI is InChI=1S/C17H16N4O3S/c22-16(18-10-12-4-2-1-3-5-12)11-21-9-8-13(19-21)14-6-7-15(25-14)17(23)20-24/h1-9,24H,10-11H2,(H,18,22)(H,20,23). The topological polar surface area (TPSA) is 96.2 Å². The van der Waals surface area contributed by atoms with Crippen LogP contribution in [0.1, 0.15) is 15.2 Å². The number of carbonyl (C=O) groups excluding carboxylic acids is 2. The molecule has 128 valence electrons. The molecule has 0 spiro atoms. The van der Waals surface area contributed by atoms with Gasteiger partial charge in [-0.2, -0.15) is 5.10 Å². The predicted octanol–water partition coefficient (Wildman–Crippen LogP) is 2.05. The van der Waals surface area contributed by atoms with Crippen molar-refractivity contribution in [3.63, 3.8) is 0 Å². The van der Waals surface area contributed by atoms with Crippen LogP contribution in [0.2, 0.25) is 0 Å². The lowest BCUT2D eigenvalue weighted by atomic mass is 10.2. The molecule has 0 aliphatic carbocycles. The van der Waals surface area contributed by atoms with Crippen LogP contribution in [0, 0.1) is 0 Å². The molecule has 3 rings (SSSR count). The summed E-state index contributed by atoms with van der Waals surface area (Å²) in [6.07, 6.45) is 1.71. The molecule has 25 heavy (non-hydrogen) atoms. The van der Waals surface area contributed by atoms with Crippen molar-refractivity contribution in [1.82, 2.24) is 20.6 Å². The molecule has 0 aliphatic rings. The highest BCUT2D eigenvalue weighted by Gasteiger charge is 2.12. The molecule has 0 fully saturated rings. The van der Waals surface area contributed by atoms with Gasteiger partial charge < -0.3 is 5.32 Å². The Labute approximate surface area is 147 Å². The third-order valence-electron chi connectivity index (χ3n) is 3.46. The first-order valence-corrected chi connectivity index (χ1v) is 8.36. The zero-order valence-electron chi connectivity index (χ0n) is 13.2. The highest BCUT2D eigenvalue weighted by atomic mass is 32.1. The fraction of sp³-hybridized carbons (Fsp3) is 0.118. The summed E-state index contributed by atoms with van der Waals surface area (Å²) in [5.74, 6) is -0.694. The van der Waals surface area contributed by atoms with Gasteiger partial charge in [0.2, 0.25) is 5.91 Å². The van der Waals surface area contributed by atoms with E-state index in [0.29, 0.717) is 17.1 Å². The third kappa shape index (κ3) is 4.31. The number of hydrogen-bond acceptors (Lipinski definition) is 5. The second-order valence-electron chi connectivity index (χ2n) is 5.27. The number of nitrogens with zero attached hydrogens (tertiary/aromatic N) is 2. The molecule has 0 radical (unpaired) electrons. The zero-order chi connectivity index (χ0) is 17.6. The minimum atomic E-state index is -0.559. The van der Waals surface area contributed by atoms with E-state index < -0.39 is 5.91 Å². The van der Waals surface area contributed by atoms with Crippen LogP contribution in [0.15, 0.2) is 54.7 Å². The molecule has 0 aliphatic heterocycles. The fourth-order valence-corrected chi connectivity index (χ4v) is 3.09. The minimum Gasteiger partial charge on any atom is -0.350 e. The average molecular weight is 356 g/mol. The average Bonchev–Trinajstić information content (AvgIpc) is 3.29. The molecule has 0 atom stereocenters. The first-order chi connectivity index (χ1) is 12.2. The van der Waals surface area contributed by atoms with Gasteiger partial charge in [-0.05, 0) is 23.8 Å². The first kappa shape index (κ1) is 16.9. The molecule has 2 aromatic heterocycles. The smallest absolute Gasteiger partial charge is 0.284 e. The van der Waals surface area contributed by atoms with Gasteiger partial charge in [0.05, 0.1) is 9.75 Å². The summed E-state index contributed by atoms with van der Waals surface area (Å²) in [5, 5.41) is 15.8. The molecule has 7 nitrogen and oxygen atoms in total. The number of hydroxylamine groups is 1. The molecule has 3 N–H and O–H groups in total. The van der Waals surface area contributed by atoms with E-state index in [1.807, 2.05) is 30.3 Å². The molecule has 8 heteroatoms. The van der Waals surface area contributed by atoms with E-state index in [-0.39, 0.29) is 12.5 Å². The Kier molecular flexibility index (Phi) is 5.22. The van der Waals surface area contributed by atoms with E-state index >= 15 is 0 Å². The molecule has 0 saturated carbocycles. The molecular weight excluding hydrogens is 340 g/mol. The van der Waals surface area contributed by atoms with Gasteiger partial charge >= 0.3 is 0 Å². The Bertz CT molecular complexity index is 873. The van der Waals surface area contributed by atoms with Gasteiger partial charge in [0, 0.05) is 12.7 Å². The summed E-state index contributed by atoms with van der Waals surface area (Å²) in [5.41, 5.74) is 3.30. The van der Waals surface area contributed by atoms with Crippen LogP contribution in [-0.2, 0) is 17.9 Å². The maximum absolute atomic E-state index is 12.0. The van der Waals surface area contributed by atoms with Crippen LogP contribution < -0.4 is 10.8 Å². The molecule has 0 unspecified atom stereocenters. The fourth-order valence-electron chi connectivity index (χ4n) is 2.23. The van der Waals surface area contributed by atoms with Crippen molar-refractivity contribution in [3.8, 4) is 10.6 Å². The lowest BCUT2D eigenvalue weighted by molar-refractivity contribution is -0.122. The van der Waals surface area contributed by atoms with Crippen molar-refractivity contribution in [1.29, 1.82) is 0 Å². The number of nitrogens with one attached hydrogen (secondary N) is 2. The van der Waals surface area contributed by atoms with Crippen molar-refractivity contribution in [3.05, 3.63) is 65.2 Å². The van der Waals surface area contributed by atoms with Crippen LogP contribution in [0.25, 0.3) is 10.6 Å². The largest absolute Gasteiger partial charge is 0.350 e. The Morgan fingerprint density at radius 1 is 1.12 bits per heavy atom. The van der Waals surface area contributed by atoms with Gasteiger partial charge in [-0.1, -0.05) is 30.3 Å². The molecule has 2 amide bonds. The number of aromatic nitrogens is 2. The molecule has 0 saturated heterocycles. The van der Waals surface area contributed by atoms with E-state index in [1.165, 1.54) is 11.3 Å². The van der Waals surface area contributed by atoms with Gasteiger partial charge in [-0.25, -0.2) is 5.48 Å². The molecule has 0 bridgehead atoms. The van der Waals surface area contributed by atoms with Gasteiger partial charge in [0.15, 0.2) is 0 Å². The van der Waals surface area contributed by atoms with Gasteiger partial charge in [-0.3, -0.25) is 19.5 Å². The van der Waals surface area contributed by atoms with Crippen LogP contribution in [-0.4, -0.2) is 26.8 Å². The molecule has 1 aromatic carbocycles. The Morgan fingerprint density at radius 2 is 1.92 bits per heavy atom. The predicted molar refractivity (Wildman–Crippen MR) is 93.1 cm³/mol. The Balaban J connectivity index is 1.58. The number of benzene rings is 1. The third-order valence-corrected chi connectivity index (χ3v) is 4.57. The second kappa shape index (κ2) is 7.73. The van der Waals surface area contributed by atoms with Gasteiger partial charge in [0.1, 0.15) is 12.2 Å². The number of thiophene rings is 1. The van der Waals surface area contributed by atoms with E-state index in [4.69, 9.17) is 5.21 Å². The lowest BCUT2D eigenvalue weighted by Crippen LogP contribution is -2.27. The highest BCUT2D eigenvalue weighted by Crippen LogP contribution is 2.26. The van der Waals surface area contributed by atoms with Crippen molar-refractivity contribution >= 4 is 23.2 Å². The summed E-state index contributed by atoms with van der Waals surface area (Å²) >= 11 is 1.21. The van der Waals surface area contributed by atoms with Crippen molar-refractivity contribution in [2.75, 3.05) is 0 Å². The maximum Gasteiger partial charge on any atom is 0.284 e. The van der Waals surface area contributed by atoms with Crippen LogP contribution >= 0.6 is 11.3 Å². The SMILES string of the molecule is O=C(Cn1ccc(-c2ccc(C(=O)NO)s2)n1)NCc1ccccc1. The number of rotatable bonds is 6. The summed E-state index contributed by atoms with van der Waals surface area (Å²) in [7, 11) is 0. The van der Waals surface area contributed by atoms with Crippen LogP contribution in [0.5, 0.6) is 0 Å². The quantitative estimate of drug-likeness (QED) is 0.465. The van der Waals surface area contributed by atoms with E-state index in [0.717, 1.165) is 10.4 Å². The van der Waals surface area contributed by atoms with Crippen molar-refractivity contribution in [2.24, 2.45) is 0 Å². The monoisotopic (exact) mass is 356 g/mol. The van der Waals surface area contributed by atoms with E-state index in [9.17, 15) is 9.59 Å². The zero-order valence-corrected chi connectivity index (χ0v) is 14.0. The van der Waals surface area contributed by atoms with Gasteiger partial charge in [0.25, 0.3) is 5.91 Å². The number of hydrogen-bond donors (Lipinski definition) is 3. The molecule has 3 aromatic rings. The summed E-state index contributed by atoms with van der Waals surface area (Å²) < 4.78 is 1.54. The molecule has 2 heterocycles. The normalized spacial score (nSPS) is 10.4. The maximum atomic E-state index is 12.0. The van der Waals surface area contributed by atoms with E-state index in [1.54, 1.807) is 34.6 Å². The van der Waals surface area contributed by atoms with Gasteiger partial charge in [-0.15, -0.1) is 11.3 Å². The highest BCUT2D eigenvalue weighted by molar-refractivity contribution is 7.17. The summed E-state index contributed by atoms with van der Waals surface area (Å²) in [6.45, 7) is 0.584. The van der Waals surface area contributed by atoms with Crippen LogP contribution in [0.3, 0.4) is 0 Å². The summed E-state index contributed by atoms with van der Waals surface area (Å²) in [6, 6.07) is 14.8. The Morgan fingerprint density at radius 3 is 2.68 bits per heavy atom. The Hall–Kier alpha value is -2.97. The van der Waals surface area contributed by atoms with Crippen molar-refractivity contribution in [2.45, 2.75) is 13.1 Å². The molecular formula is C17H16N4O3S. The van der Waals surface area contributed by atoms with E-state index in [2.05, 4.69) is 10.4 Å². The lowest BCUT2D eigenvalue weighted by Gasteiger charge is -2.05. The summed E-state index contributed by atoms with van der Waals surface area (Å²) in [4.78, 5) is 24.5. The number of carbonyl (C=O) groups is 2. The van der Waals surface area contributed by atoms with Crippen molar-refractivity contribution < 1.29 is 14.8 Å². The second-order valence-corrected chi connectivity index (χ2v) is 6.35. The first-order valence-electron chi connectivity index (χ1n) is 7.54.